The molecule has 128 valence electrons. The van der Waals surface area contributed by atoms with Gasteiger partial charge in [-0.15, -0.1) is 11.3 Å². The molecule has 3 heterocycles. The van der Waals surface area contributed by atoms with E-state index in [0.717, 1.165) is 38.6 Å². The van der Waals surface area contributed by atoms with Gasteiger partial charge in [-0.1, -0.05) is 12.8 Å². The van der Waals surface area contributed by atoms with Gasteiger partial charge in [0.1, 0.15) is 0 Å². The molecule has 0 bridgehead atoms. The number of nitrogens with zero attached hydrogens (tertiary/aromatic N) is 2. The SMILES string of the molecule is O=C(CCN1C(=O)[C@@H]2CCCC[C@H]2C1=O)N1CCc2sccc2C1. The second-order valence-corrected chi connectivity index (χ2v) is 8.01. The Kier molecular flexibility index (Phi) is 4.16. The summed E-state index contributed by atoms with van der Waals surface area (Å²) in [5.74, 6) is -0.288. The highest BCUT2D eigenvalue weighted by atomic mass is 32.1. The van der Waals surface area contributed by atoms with E-state index in [1.165, 1.54) is 15.3 Å². The number of likely N-dealkylation sites (tertiary alicyclic amines) is 1. The Morgan fingerprint density at radius 3 is 2.58 bits per heavy atom. The van der Waals surface area contributed by atoms with E-state index in [1.807, 2.05) is 4.90 Å². The van der Waals surface area contributed by atoms with Crippen LogP contribution in [0.2, 0.25) is 0 Å². The highest BCUT2D eigenvalue weighted by molar-refractivity contribution is 7.10. The van der Waals surface area contributed by atoms with Crippen molar-refractivity contribution < 1.29 is 14.4 Å². The first-order valence-corrected chi connectivity index (χ1v) is 9.71. The van der Waals surface area contributed by atoms with Crippen LogP contribution in [0.15, 0.2) is 11.4 Å². The minimum absolute atomic E-state index is 0.0438. The number of amides is 3. The Hall–Kier alpha value is -1.69. The van der Waals surface area contributed by atoms with Crippen molar-refractivity contribution in [3.8, 4) is 0 Å². The van der Waals surface area contributed by atoms with E-state index in [1.54, 1.807) is 11.3 Å². The zero-order chi connectivity index (χ0) is 16.7. The molecule has 4 rings (SSSR count). The van der Waals surface area contributed by atoms with Crippen molar-refractivity contribution in [3.05, 3.63) is 21.9 Å². The maximum Gasteiger partial charge on any atom is 0.233 e. The fraction of sp³-hybridized carbons (Fsp3) is 0.611. The Morgan fingerprint density at radius 1 is 1.17 bits per heavy atom. The summed E-state index contributed by atoms with van der Waals surface area (Å²) in [6, 6.07) is 2.08. The van der Waals surface area contributed by atoms with Crippen LogP contribution in [0, 0.1) is 11.8 Å². The van der Waals surface area contributed by atoms with Gasteiger partial charge in [-0.3, -0.25) is 19.3 Å². The zero-order valence-electron chi connectivity index (χ0n) is 13.7. The van der Waals surface area contributed by atoms with E-state index in [4.69, 9.17) is 0 Å². The van der Waals surface area contributed by atoms with Crippen LogP contribution in [0.1, 0.15) is 42.5 Å². The van der Waals surface area contributed by atoms with Gasteiger partial charge in [0.05, 0.1) is 11.8 Å². The molecule has 1 saturated carbocycles. The van der Waals surface area contributed by atoms with Gasteiger partial charge in [-0.25, -0.2) is 0 Å². The highest BCUT2D eigenvalue weighted by Gasteiger charge is 2.47. The molecule has 0 radical (unpaired) electrons. The van der Waals surface area contributed by atoms with Gasteiger partial charge in [-0.05, 0) is 36.3 Å². The number of carbonyl (C=O) groups is 3. The summed E-state index contributed by atoms with van der Waals surface area (Å²) >= 11 is 1.75. The van der Waals surface area contributed by atoms with Gasteiger partial charge in [0.2, 0.25) is 17.7 Å². The first kappa shape index (κ1) is 15.8. The first-order valence-electron chi connectivity index (χ1n) is 8.83. The molecule has 0 aromatic carbocycles. The van der Waals surface area contributed by atoms with Crippen molar-refractivity contribution in [1.29, 1.82) is 0 Å². The third kappa shape index (κ3) is 2.66. The van der Waals surface area contributed by atoms with Gasteiger partial charge in [0.15, 0.2) is 0 Å². The number of fused-ring (bicyclic) bond motifs is 2. The quantitative estimate of drug-likeness (QED) is 0.789. The molecule has 3 amide bonds. The van der Waals surface area contributed by atoms with Crippen molar-refractivity contribution in [3.63, 3.8) is 0 Å². The van der Waals surface area contributed by atoms with Crippen LogP contribution in [-0.4, -0.2) is 40.6 Å². The molecular formula is C18H22N2O3S. The van der Waals surface area contributed by atoms with E-state index in [2.05, 4.69) is 11.4 Å². The minimum Gasteiger partial charge on any atom is -0.338 e. The molecule has 0 unspecified atom stereocenters. The lowest BCUT2D eigenvalue weighted by atomic mass is 9.81. The third-order valence-electron chi connectivity index (χ3n) is 5.64. The minimum atomic E-state index is -0.121. The van der Waals surface area contributed by atoms with Gasteiger partial charge < -0.3 is 4.90 Å². The summed E-state index contributed by atoms with van der Waals surface area (Å²) in [5, 5.41) is 2.07. The van der Waals surface area contributed by atoms with Crippen LogP contribution in [0.25, 0.3) is 0 Å². The molecule has 6 heteroatoms. The van der Waals surface area contributed by atoms with Crippen LogP contribution < -0.4 is 0 Å². The summed E-state index contributed by atoms with van der Waals surface area (Å²) in [4.78, 5) is 42.0. The van der Waals surface area contributed by atoms with Gasteiger partial charge in [0.25, 0.3) is 0 Å². The lowest BCUT2D eigenvalue weighted by Gasteiger charge is -2.27. The summed E-state index contributed by atoms with van der Waals surface area (Å²) in [7, 11) is 0. The Morgan fingerprint density at radius 2 is 1.88 bits per heavy atom. The summed E-state index contributed by atoms with van der Waals surface area (Å²) in [6.45, 7) is 1.64. The van der Waals surface area contributed by atoms with Crippen molar-refractivity contribution >= 4 is 29.1 Å². The van der Waals surface area contributed by atoms with E-state index in [9.17, 15) is 14.4 Å². The number of imide groups is 1. The molecule has 5 nitrogen and oxygen atoms in total. The summed E-state index contributed by atoms with van der Waals surface area (Å²) in [6.07, 6.45) is 4.87. The molecular weight excluding hydrogens is 324 g/mol. The van der Waals surface area contributed by atoms with Gasteiger partial charge >= 0.3 is 0 Å². The highest BCUT2D eigenvalue weighted by Crippen LogP contribution is 2.38. The molecule has 3 aliphatic rings. The monoisotopic (exact) mass is 346 g/mol. The number of rotatable bonds is 3. The molecule has 0 N–H and O–H groups in total. The van der Waals surface area contributed by atoms with E-state index in [0.29, 0.717) is 6.54 Å². The molecule has 1 aromatic rings. The lowest BCUT2D eigenvalue weighted by molar-refractivity contribution is -0.141. The number of thiophene rings is 1. The average Bonchev–Trinajstić information content (AvgIpc) is 3.17. The van der Waals surface area contributed by atoms with Crippen LogP contribution in [0.3, 0.4) is 0 Å². The standard InChI is InChI=1S/C18H22N2O3S/c21-16(19-8-5-15-12(11-19)7-10-24-15)6-9-20-17(22)13-3-1-2-4-14(13)18(20)23/h7,10,13-14H,1-6,8-9,11H2/t13-,14-/m1/s1. The fourth-order valence-corrected chi connectivity index (χ4v) is 5.17. The molecule has 1 saturated heterocycles. The normalized spacial score (nSPS) is 26.5. The third-order valence-corrected chi connectivity index (χ3v) is 6.67. The fourth-order valence-electron chi connectivity index (χ4n) is 4.28. The van der Waals surface area contributed by atoms with Gasteiger partial charge in [0, 0.05) is 30.9 Å². The van der Waals surface area contributed by atoms with Crippen molar-refractivity contribution in [2.24, 2.45) is 11.8 Å². The van der Waals surface area contributed by atoms with Crippen LogP contribution >= 0.6 is 11.3 Å². The van der Waals surface area contributed by atoms with Gasteiger partial charge in [-0.2, -0.15) is 0 Å². The number of hydrogen-bond donors (Lipinski definition) is 0. The topological polar surface area (TPSA) is 57.7 Å². The maximum atomic E-state index is 12.5. The zero-order valence-corrected chi connectivity index (χ0v) is 14.5. The molecule has 2 fully saturated rings. The van der Waals surface area contributed by atoms with E-state index < -0.39 is 0 Å². The Bertz CT molecular complexity index is 660. The average molecular weight is 346 g/mol. The van der Waals surface area contributed by atoms with Crippen LogP contribution in [-0.2, 0) is 27.3 Å². The van der Waals surface area contributed by atoms with Crippen LogP contribution in [0.5, 0.6) is 0 Å². The molecule has 2 aliphatic heterocycles. The second kappa shape index (κ2) is 6.31. The predicted octanol–water partition coefficient (Wildman–Crippen LogP) is 2.20. The predicted molar refractivity (Wildman–Crippen MR) is 90.2 cm³/mol. The lowest BCUT2D eigenvalue weighted by Crippen LogP contribution is -2.39. The second-order valence-electron chi connectivity index (χ2n) is 7.01. The largest absolute Gasteiger partial charge is 0.338 e. The first-order chi connectivity index (χ1) is 11.6. The molecule has 2 atom stereocenters. The number of carbonyl (C=O) groups excluding carboxylic acids is 3. The molecule has 24 heavy (non-hydrogen) atoms. The van der Waals surface area contributed by atoms with Crippen molar-refractivity contribution in [2.45, 2.75) is 45.1 Å². The van der Waals surface area contributed by atoms with Crippen LogP contribution in [0.4, 0.5) is 0 Å². The Labute approximate surface area is 145 Å². The smallest absolute Gasteiger partial charge is 0.233 e. The Balaban J connectivity index is 1.36. The molecule has 1 aliphatic carbocycles. The number of hydrogen-bond acceptors (Lipinski definition) is 4. The van der Waals surface area contributed by atoms with E-state index in [-0.39, 0.29) is 42.5 Å². The molecule has 0 spiro atoms. The van der Waals surface area contributed by atoms with Crippen molar-refractivity contribution in [2.75, 3.05) is 13.1 Å². The maximum absolute atomic E-state index is 12.5. The summed E-state index contributed by atoms with van der Waals surface area (Å²) in [5.41, 5.74) is 1.24. The summed E-state index contributed by atoms with van der Waals surface area (Å²) < 4.78 is 0. The van der Waals surface area contributed by atoms with E-state index >= 15 is 0 Å². The molecule has 1 aromatic heterocycles. The van der Waals surface area contributed by atoms with Crippen molar-refractivity contribution in [1.82, 2.24) is 9.80 Å².